The smallest absolute Gasteiger partial charge is 0.0422 e. The maximum Gasteiger partial charge on any atom is 0.0422 e. The Bertz CT molecular complexity index is 541. The fourth-order valence-electron chi connectivity index (χ4n) is 2.49. The van der Waals surface area contributed by atoms with E-state index in [9.17, 15) is 0 Å². The van der Waals surface area contributed by atoms with Crippen LogP contribution in [-0.4, -0.2) is 12.0 Å². The zero-order valence-corrected chi connectivity index (χ0v) is 13.6. The van der Waals surface area contributed by atoms with Crippen LogP contribution in [0.1, 0.15) is 55.1 Å². The molecule has 0 amide bonds. The van der Waals surface area contributed by atoms with Crippen molar-refractivity contribution >= 4 is 0 Å². The van der Waals surface area contributed by atoms with Crippen LogP contribution in [0.3, 0.4) is 0 Å². The van der Waals surface area contributed by atoms with Crippen molar-refractivity contribution in [2.75, 3.05) is 7.05 Å². The number of aryl methyl sites for hydroxylation is 1. The Balaban J connectivity index is 2.11. The van der Waals surface area contributed by atoms with Crippen molar-refractivity contribution in [3.8, 4) is 0 Å². The molecule has 1 aromatic heterocycles. The lowest BCUT2D eigenvalue weighted by molar-refractivity contribution is 0.584. The molecule has 0 aliphatic heterocycles. The Hall–Kier alpha value is -1.67. The molecular formula is C19H26N2. The summed E-state index contributed by atoms with van der Waals surface area (Å²) in [5.41, 5.74) is 5.14. The summed E-state index contributed by atoms with van der Waals surface area (Å²) in [6.45, 7) is 6.61. The van der Waals surface area contributed by atoms with Gasteiger partial charge in [-0.1, -0.05) is 51.1 Å². The third-order valence-electron chi connectivity index (χ3n) is 4.06. The van der Waals surface area contributed by atoms with E-state index in [1.165, 1.54) is 16.7 Å². The van der Waals surface area contributed by atoms with Gasteiger partial charge >= 0.3 is 0 Å². The van der Waals surface area contributed by atoms with E-state index < -0.39 is 0 Å². The molecule has 0 saturated heterocycles. The predicted molar refractivity (Wildman–Crippen MR) is 89.7 cm³/mol. The lowest BCUT2D eigenvalue weighted by Crippen LogP contribution is -2.19. The molecule has 1 N–H and O–H groups in total. The number of pyridine rings is 1. The van der Waals surface area contributed by atoms with Gasteiger partial charge in [0, 0.05) is 24.4 Å². The molecule has 0 radical (unpaired) electrons. The van der Waals surface area contributed by atoms with E-state index in [2.05, 4.69) is 67.5 Å². The summed E-state index contributed by atoms with van der Waals surface area (Å²) in [6.07, 6.45) is 3.95. The van der Waals surface area contributed by atoms with Gasteiger partial charge in [0.15, 0.2) is 0 Å². The van der Waals surface area contributed by atoms with Gasteiger partial charge in [0.25, 0.3) is 0 Å². The van der Waals surface area contributed by atoms with Crippen LogP contribution in [-0.2, 0) is 12.8 Å². The number of benzene rings is 1. The number of hydrogen-bond acceptors (Lipinski definition) is 2. The molecule has 0 saturated carbocycles. The quantitative estimate of drug-likeness (QED) is 0.856. The van der Waals surface area contributed by atoms with Gasteiger partial charge in [-0.2, -0.15) is 0 Å². The van der Waals surface area contributed by atoms with Crippen LogP contribution in [0.2, 0.25) is 0 Å². The van der Waals surface area contributed by atoms with Crippen molar-refractivity contribution in [3.63, 3.8) is 0 Å². The molecule has 1 atom stereocenters. The first-order chi connectivity index (χ1) is 10.1. The van der Waals surface area contributed by atoms with E-state index in [1.807, 2.05) is 13.2 Å². The second-order valence-electron chi connectivity index (χ2n) is 5.88. The van der Waals surface area contributed by atoms with Crippen LogP contribution in [0.15, 0.2) is 42.6 Å². The largest absolute Gasteiger partial charge is 0.313 e. The highest BCUT2D eigenvalue weighted by molar-refractivity contribution is 5.28. The Kier molecular flexibility index (Phi) is 5.51. The highest BCUT2D eigenvalue weighted by atomic mass is 14.9. The fraction of sp³-hybridized carbons (Fsp3) is 0.421. The number of hydrogen-bond donors (Lipinski definition) is 1. The van der Waals surface area contributed by atoms with Crippen molar-refractivity contribution in [3.05, 3.63) is 65.0 Å². The van der Waals surface area contributed by atoms with Gasteiger partial charge < -0.3 is 5.32 Å². The molecule has 21 heavy (non-hydrogen) atoms. The minimum absolute atomic E-state index is 0.311. The average Bonchev–Trinajstić information content (AvgIpc) is 2.53. The summed E-state index contributed by atoms with van der Waals surface area (Å²) >= 11 is 0. The van der Waals surface area contributed by atoms with Crippen LogP contribution in [0.25, 0.3) is 0 Å². The third kappa shape index (κ3) is 4.15. The van der Waals surface area contributed by atoms with E-state index >= 15 is 0 Å². The second-order valence-corrected chi connectivity index (χ2v) is 5.88. The molecule has 1 heterocycles. The summed E-state index contributed by atoms with van der Waals surface area (Å²) < 4.78 is 0. The number of nitrogens with zero attached hydrogens (tertiary/aromatic N) is 1. The highest BCUT2D eigenvalue weighted by Gasteiger charge is 2.11. The van der Waals surface area contributed by atoms with E-state index in [0.29, 0.717) is 12.0 Å². The van der Waals surface area contributed by atoms with Crippen LogP contribution in [0.5, 0.6) is 0 Å². The zero-order valence-electron chi connectivity index (χ0n) is 13.6. The van der Waals surface area contributed by atoms with Crippen LogP contribution in [0, 0.1) is 0 Å². The Morgan fingerprint density at radius 2 is 1.67 bits per heavy atom. The molecule has 1 unspecified atom stereocenters. The SMILES string of the molecule is CCc1ccc(CC(NC)c2ccc(C(C)C)cc2)nc1. The number of aromatic nitrogens is 1. The molecule has 2 rings (SSSR count). The van der Waals surface area contributed by atoms with E-state index in [4.69, 9.17) is 0 Å². The first kappa shape index (κ1) is 15.7. The minimum Gasteiger partial charge on any atom is -0.313 e. The van der Waals surface area contributed by atoms with Gasteiger partial charge in [0.2, 0.25) is 0 Å². The molecule has 2 heteroatoms. The fourth-order valence-corrected chi connectivity index (χ4v) is 2.49. The first-order valence-corrected chi connectivity index (χ1v) is 7.85. The molecular weight excluding hydrogens is 256 g/mol. The van der Waals surface area contributed by atoms with Gasteiger partial charge in [0.1, 0.15) is 0 Å². The van der Waals surface area contributed by atoms with E-state index in [-0.39, 0.29) is 0 Å². The number of nitrogens with one attached hydrogen (secondary N) is 1. The molecule has 0 spiro atoms. The lowest BCUT2D eigenvalue weighted by atomic mass is 9.97. The zero-order chi connectivity index (χ0) is 15.2. The Morgan fingerprint density at radius 3 is 2.14 bits per heavy atom. The molecule has 0 fully saturated rings. The van der Waals surface area contributed by atoms with Crippen molar-refractivity contribution in [1.29, 1.82) is 0 Å². The Labute approximate surface area is 128 Å². The van der Waals surface area contributed by atoms with Crippen LogP contribution in [0.4, 0.5) is 0 Å². The summed E-state index contributed by atoms with van der Waals surface area (Å²) in [4.78, 5) is 4.57. The molecule has 0 bridgehead atoms. The third-order valence-corrected chi connectivity index (χ3v) is 4.06. The topological polar surface area (TPSA) is 24.9 Å². The predicted octanol–water partition coefficient (Wildman–Crippen LogP) is 4.27. The molecule has 0 aliphatic carbocycles. The van der Waals surface area contributed by atoms with E-state index in [0.717, 1.165) is 18.5 Å². The standard InChI is InChI=1S/C19H26N2/c1-5-15-6-11-18(21-13-15)12-19(20-4)17-9-7-16(8-10-17)14(2)3/h6-11,13-14,19-20H,5,12H2,1-4H3. The maximum atomic E-state index is 4.57. The summed E-state index contributed by atoms with van der Waals surface area (Å²) in [5, 5.41) is 3.40. The monoisotopic (exact) mass is 282 g/mol. The number of likely N-dealkylation sites (N-methyl/N-ethyl adjacent to an activating group) is 1. The van der Waals surface area contributed by atoms with Crippen LogP contribution < -0.4 is 5.32 Å². The summed E-state index contributed by atoms with van der Waals surface area (Å²) in [5.74, 6) is 0.579. The van der Waals surface area contributed by atoms with Crippen molar-refractivity contribution in [2.45, 2.75) is 45.6 Å². The normalized spacial score (nSPS) is 12.6. The second kappa shape index (κ2) is 7.37. The van der Waals surface area contributed by atoms with Crippen molar-refractivity contribution in [2.24, 2.45) is 0 Å². The van der Waals surface area contributed by atoms with Gasteiger partial charge in [-0.15, -0.1) is 0 Å². The highest BCUT2D eigenvalue weighted by Crippen LogP contribution is 2.21. The molecule has 2 aromatic rings. The minimum atomic E-state index is 0.311. The summed E-state index contributed by atoms with van der Waals surface area (Å²) in [6, 6.07) is 13.6. The first-order valence-electron chi connectivity index (χ1n) is 7.85. The van der Waals surface area contributed by atoms with Crippen molar-refractivity contribution in [1.82, 2.24) is 10.3 Å². The molecule has 2 nitrogen and oxygen atoms in total. The molecule has 0 aliphatic rings. The lowest BCUT2D eigenvalue weighted by Gasteiger charge is -2.17. The summed E-state index contributed by atoms with van der Waals surface area (Å²) in [7, 11) is 2.02. The van der Waals surface area contributed by atoms with Crippen molar-refractivity contribution < 1.29 is 0 Å². The Morgan fingerprint density at radius 1 is 1.00 bits per heavy atom. The maximum absolute atomic E-state index is 4.57. The molecule has 1 aromatic carbocycles. The van der Waals surface area contributed by atoms with Gasteiger partial charge in [0.05, 0.1) is 0 Å². The van der Waals surface area contributed by atoms with Crippen LogP contribution >= 0.6 is 0 Å². The average molecular weight is 282 g/mol. The van der Waals surface area contributed by atoms with Gasteiger partial charge in [-0.05, 0) is 42.1 Å². The molecule has 112 valence electrons. The van der Waals surface area contributed by atoms with Gasteiger partial charge in [-0.3, -0.25) is 4.98 Å². The number of rotatable bonds is 6. The van der Waals surface area contributed by atoms with E-state index in [1.54, 1.807) is 0 Å². The van der Waals surface area contributed by atoms with Gasteiger partial charge in [-0.25, -0.2) is 0 Å².